The lowest BCUT2D eigenvalue weighted by molar-refractivity contribution is -0.146. The predicted octanol–water partition coefficient (Wildman–Crippen LogP) is 5.37. The molecule has 0 saturated carbocycles. The fourth-order valence-corrected chi connectivity index (χ4v) is 2.58. The summed E-state index contributed by atoms with van der Waals surface area (Å²) < 4.78 is 5.36. The minimum atomic E-state index is -0.634. The Hall–Kier alpha value is -2.82. The van der Waals surface area contributed by atoms with Gasteiger partial charge in [-0.1, -0.05) is 89.0 Å². The van der Waals surface area contributed by atoms with Gasteiger partial charge in [-0.25, -0.2) is 4.79 Å². The number of halogens is 2. The van der Waals surface area contributed by atoms with E-state index in [0.717, 1.165) is 11.1 Å². The summed E-state index contributed by atoms with van der Waals surface area (Å²) in [5.74, 6) is -0.220. The topological polar surface area (TPSA) is 47.9 Å². The maximum Gasteiger partial charge on any atom is 0.372 e. The summed E-state index contributed by atoms with van der Waals surface area (Å²) >= 11 is 11.8. The van der Waals surface area contributed by atoms with Gasteiger partial charge in [0.2, 0.25) is 0 Å². The van der Waals surface area contributed by atoms with Gasteiger partial charge in [0.15, 0.2) is 6.61 Å². The highest BCUT2D eigenvalue weighted by Gasteiger charge is 2.10. The second-order valence-electron chi connectivity index (χ2n) is 5.50. The Kier molecular flexibility index (Phi) is 6.47. The molecule has 0 aliphatic carbocycles. The molecule has 0 aliphatic rings. The van der Waals surface area contributed by atoms with E-state index < -0.39 is 5.97 Å². The first-order chi connectivity index (χ1) is 13.1. The third-order valence-corrected chi connectivity index (χ3v) is 4.32. The maximum absolute atomic E-state index is 12.0. The van der Waals surface area contributed by atoms with E-state index in [1.165, 1.54) is 6.07 Å². The molecule has 3 rings (SSSR count). The van der Waals surface area contributed by atoms with Crippen molar-refractivity contribution in [3.63, 3.8) is 0 Å². The average Bonchev–Trinajstić information content (AvgIpc) is 2.71. The van der Waals surface area contributed by atoms with Gasteiger partial charge in [0.25, 0.3) is 0 Å². The highest BCUT2D eigenvalue weighted by molar-refractivity contribution is 6.42. The molecular weight excluding hydrogens is 385 g/mol. The lowest BCUT2D eigenvalue weighted by Gasteiger charge is -2.08. The van der Waals surface area contributed by atoms with Crippen LogP contribution in [0.4, 0.5) is 0 Å². The van der Waals surface area contributed by atoms with Crippen molar-refractivity contribution in [2.45, 2.75) is 0 Å². The van der Waals surface area contributed by atoms with E-state index in [2.05, 4.69) is 5.16 Å². The zero-order valence-corrected chi connectivity index (χ0v) is 15.7. The van der Waals surface area contributed by atoms with Crippen molar-refractivity contribution < 1.29 is 14.4 Å². The van der Waals surface area contributed by atoms with Gasteiger partial charge in [-0.2, -0.15) is 0 Å². The summed E-state index contributed by atoms with van der Waals surface area (Å²) in [6.07, 6.45) is 0. The molecule has 0 amide bonds. The summed E-state index contributed by atoms with van der Waals surface area (Å²) in [4.78, 5) is 17.1. The zero-order chi connectivity index (χ0) is 19.1. The van der Waals surface area contributed by atoms with Crippen LogP contribution in [-0.2, 0) is 9.63 Å². The average molecular weight is 400 g/mol. The second-order valence-corrected chi connectivity index (χ2v) is 6.31. The fraction of sp³-hybridized carbons (Fsp3) is 0.0476. The number of ether oxygens (including phenoxy) is 1. The van der Waals surface area contributed by atoms with Gasteiger partial charge < -0.3 is 9.57 Å². The summed E-state index contributed by atoms with van der Waals surface area (Å²) in [5.41, 5.74) is 2.22. The van der Waals surface area contributed by atoms with Crippen LogP contribution in [0, 0.1) is 0 Å². The number of hydrogen-bond acceptors (Lipinski definition) is 4. The molecule has 0 bridgehead atoms. The number of hydrogen-bond donors (Lipinski definition) is 0. The van der Waals surface area contributed by atoms with E-state index in [4.69, 9.17) is 32.8 Å². The Balaban J connectivity index is 1.70. The fourth-order valence-electron chi connectivity index (χ4n) is 2.30. The molecule has 0 saturated heterocycles. The Labute approximate surface area is 166 Å². The van der Waals surface area contributed by atoms with Gasteiger partial charge in [-0.3, -0.25) is 0 Å². The summed E-state index contributed by atoms with van der Waals surface area (Å²) in [7, 11) is 0. The zero-order valence-electron chi connectivity index (χ0n) is 14.1. The van der Waals surface area contributed by atoms with Crippen molar-refractivity contribution in [1.82, 2.24) is 0 Å². The Bertz CT molecular complexity index is 903. The van der Waals surface area contributed by atoms with Crippen LogP contribution in [-0.4, -0.2) is 18.3 Å². The first-order valence-corrected chi connectivity index (χ1v) is 8.85. The van der Waals surface area contributed by atoms with Gasteiger partial charge in [0, 0.05) is 17.2 Å². The van der Waals surface area contributed by atoms with Crippen molar-refractivity contribution in [2.24, 2.45) is 5.16 Å². The minimum absolute atomic E-state index is 0.307. The molecule has 0 spiro atoms. The van der Waals surface area contributed by atoms with Gasteiger partial charge in [0.1, 0.15) is 11.5 Å². The summed E-state index contributed by atoms with van der Waals surface area (Å²) in [5, 5.41) is 4.80. The second kappa shape index (κ2) is 9.21. The van der Waals surface area contributed by atoms with Crippen molar-refractivity contribution in [3.8, 4) is 5.75 Å². The van der Waals surface area contributed by atoms with E-state index >= 15 is 0 Å². The van der Waals surface area contributed by atoms with Crippen LogP contribution in [0.1, 0.15) is 11.1 Å². The minimum Gasteiger partial charge on any atom is -0.482 e. The molecule has 0 aromatic heterocycles. The quantitative estimate of drug-likeness (QED) is 0.318. The molecule has 0 atom stereocenters. The number of benzene rings is 3. The monoisotopic (exact) mass is 399 g/mol. The molecule has 4 nitrogen and oxygen atoms in total. The third-order valence-electron chi connectivity index (χ3n) is 3.58. The van der Waals surface area contributed by atoms with Crippen molar-refractivity contribution in [2.75, 3.05) is 6.61 Å². The molecule has 0 fully saturated rings. The highest BCUT2D eigenvalue weighted by Crippen LogP contribution is 2.26. The molecule has 6 heteroatoms. The standard InChI is InChI=1S/C21H15Cl2NO3/c22-18-12-11-17(13-19(18)23)26-14-20(25)27-24-21(15-7-3-1-4-8-15)16-9-5-2-6-10-16/h1-13H,14H2. The number of oxime groups is 1. The van der Waals surface area contributed by atoms with Crippen LogP contribution in [0.25, 0.3) is 0 Å². The molecule has 3 aromatic carbocycles. The summed E-state index contributed by atoms with van der Waals surface area (Å²) in [6.45, 7) is -0.307. The van der Waals surface area contributed by atoms with E-state index in [1.807, 2.05) is 60.7 Å². The maximum atomic E-state index is 12.0. The molecule has 27 heavy (non-hydrogen) atoms. The number of carbonyl (C=O) groups excluding carboxylic acids is 1. The van der Waals surface area contributed by atoms with Gasteiger partial charge >= 0.3 is 5.97 Å². The molecule has 3 aromatic rings. The van der Waals surface area contributed by atoms with Crippen LogP contribution in [0.3, 0.4) is 0 Å². The van der Waals surface area contributed by atoms with E-state index in [-0.39, 0.29) is 6.61 Å². The summed E-state index contributed by atoms with van der Waals surface area (Å²) in [6, 6.07) is 23.7. The first-order valence-electron chi connectivity index (χ1n) is 8.10. The van der Waals surface area contributed by atoms with Gasteiger partial charge in [-0.05, 0) is 12.1 Å². The Morgan fingerprint density at radius 3 is 1.96 bits per heavy atom. The number of carbonyl (C=O) groups is 1. The first kappa shape index (κ1) is 19.0. The third kappa shape index (κ3) is 5.33. The normalized spacial score (nSPS) is 10.1. The van der Waals surface area contributed by atoms with E-state index in [9.17, 15) is 4.79 Å². The predicted molar refractivity (Wildman–Crippen MR) is 107 cm³/mol. The van der Waals surface area contributed by atoms with Crippen LogP contribution in [0.2, 0.25) is 10.0 Å². The van der Waals surface area contributed by atoms with Gasteiger partial charge in [-0.15, -0.1) is 0 Å². The van der Waals surface area contributed by atoms with Crippen molar-refractivity contribution >= 4 is 34.9 Å². The number of rotatable bonds is 6. The van der Waals surface area contributed by atoms with Gasteiger partial charge in [0.05, 0.1) is 10.0 Å². The largest absolute Gasteiger partial charge is 0.482 e. The SMILES string of the molecule is O=C(COc1ccc(Cl)c(Cl)c1)ON=C(c1ccccc1)c1ccccc1. The molecule has 0 heterocycles. The smallest absolute Gasteiger partial charge is 0.372 e. The molecular formula is C21H15Cl2NO3. The molecule has 0 aliphatic heterocycles. The van der Waals surface area contributed by atoms with E-state index in [1.54, 1.807) is 12.1 Å². The highest BCUT2D eigenvalue weighted by atomic mass is 35.5. The van der Waals surface area contributed by atoms with Crippen LogP contribution < -0.4 is 4.74 Å². The molecule has 0 unspecified atom stereocenters. The number of nitrogens with zero attached hydrogens (tertiary/aromatic N) is 1. The molecule has 0 radical (unpaired) electrons. The molecule has 136 valence electrons. The van der Waals surface area contributed by atoms with Crippen molar-refractivity contribution in [3.05, 3.63) is 100 Å². The Morgan fingerprint density at radius 2 is 1.41 bits per heavy atom. The van der Waals surface area contributed by atoms with E-state index in [0.29, 0.717) is 21.5 Å². The molecule has 0 N–H and O–H groups in total. The van der Waals surface area contributed by atoms with Crippen LogP contribution in [0.15, 0.2) is 84.0 Å². The lowest BCUT2D eigenvalue weighted by atomic mass is 10.0. The lowest BCUT2D eigenvalue weighted by Crippen LogP contribution is -2.14. The Morgan fingerprint density at radius 1 is 0.815 bits per heavy atom. The van der Waals surface area contributed by atoms with Crippen LogP contribution >= 0.6 is 23.2 Å². The van der Waals surface area contributed by atoms with Crippen molar-refractivity contribution in [1.29, 1.82) is 0 Å². The van der Waals surface area contributed by atoms with Crippen LogP contribution in [0.5, 0.6) is 5.75 Å².